The molecule has 2 fully saturated rings. The molecule has 0 spiro atoms. The second-order valence-electron chi connectivity index (χ2n) is 7.12. The van der Waals surface area contributed by atoms with E-state index in [1.54, 1.807) is 0 Å². The normalized spacial score (nSPS) is 26.2. The lowest BCUT2D eigenvalue weighted by molar-refractivity contribution is 0.179. The standard InChI is InChI=1S/C17H26N6O/c1-14-3-8-21(9-4-14)10-5-15-11-23(20-19-15)17-13-24-12-16(17)22-7-2-6-18-22/h2,6-7,11,14,16-17H,3-5,8-10,12-13H2,1H3/t16-,17+/m0/s1. The second-order valence-corrected chi connectivity index (χ2v) is 7.12. The molecule has 4 rings (SSSR count). The maximum absolute atomic E-state index is 5.66. The number of hydrogen-bond acceptors (Lipinski definition) is 5. The van der Waals surface area contributed by atoms with Gasteiger partial charge in [0.1, 0.15) is 6.04 Å². The van der Waals surface area contributed by atoms with E-state index in [1.807, 2.05) is 27.8 Å². The van der Waals surface area contributed by atoms with E-state index in [9.17, 15) is 0 Å². The molecule has 0 N–H and O–H groups in total. The summed E-state index contributed by atoms with van der Waals surface area (Å²) in [6, 6.07) is 2.31. The van der Waals surface area contributed by atoms with Gasteiger partial charge in [-0.3, -0.25) is 4.68 Å². The van der Waals surface area contributed by atoms with Crippen LogP contribution in [0, 0.1) is 5.92 Å². The first-order chi connectivity index (χ1) is 11.8. The topological polar surface area (TPSA) is 61.0 Å². The van der Waals surface area contributed by atoms with Gasteiger partial charge in [-0.05, 0) is 37.9 Å². The number of piperidine rings is 1. The van der Waals surface area contributed by atoms with E-state index in [-0.39, 0.29) is 12.1 Å². The second kappa shape index (κ2) is 7.03. The largest absolute Gasteiger partial charge is 0.377 e. The first-order valence-electron chi connectivity index (χ1n) is 8.99. The van der Waals surface area contributed by atoms with Gasteiger partial charge in [-0.2, -0.15) is 5.10 Å². The zero-order chi connectivity index (χ0) is 16.4. The molecular weight excluding hydrogens is 304 g/mol. The van der Waals surface area contributed by atoms with Crippen molar-refractivity contribution in [3.8, 4) is 0 Å². The highest BCUT2D eigenvalue weighted by Crippen LogP contribution is 2.29. The Labute approximate surface area is 142 Å². The van der Waals surface area contributed by atoms with Gasteiger partial charge in [0.15, 0.2) is 0 Å². The molecule has 0 unspecified atom stereocenters. The monoisotopic (exact) mass is 330 g/mol. The Morgan fingerprint density at radius 3 is 2.71 bits per heavy atom. The van der Waals surface area contributed by atoms with Gasteiger partial charge in [-0.1, -0.05) is 12.1 Å². The summed E-state index contributed by atoms with van der Waals surface area (Å²) in [6.07, 6.45) is 9.48. The molecule has 0 aromatic carbocycles. The molecule has 2 aromatic rings. The highest BCUT2D eigenvalue weighted by Gasteiger charge is 2.32. The van der Waals surface area contributed by atoms with Crippen LogP contribution >= 0.6 is 0 Å². The summed E-state index contributed by atoms with van der Waals surface area (Å²) in [6.45, 7) is 7.20. The van der Waals surface area contributed by atoms with Crippen molar-refractivity contribution in [2.24, 2.45) is 5.92 Å². The van der Waals surface area contributed by atoms with Crippen LogP contribution < -0.4 is 0 Å². The van der Waals surface area contributed by atoms with Crippen molar-refractivity contribution in [3.63, 3.8) is 0 Å². The van der Waals surface area contributed by atoms with Crippen molar-refractivity contribution in [3.05, 3.63) is 30.4 Å². The quantitative estimate of drug-likeness (QED) is 0.833. The third-order valence-electron chi connectivity index (χ3n) is 5.34. The van der Waals surface area contributed by atoms with E-state index in [2.05, 4.69) is 33.4 Å². The van der Waals surface area contributed by atoms with Gasteiger partial charge in [-0.15, -0.1) is 5.10 Å². The van der Waals surface area contributed by atoms with E-state index in [0.717, 1.165) is 24.6 Å². The number of ether oxygens (including phenoxy) is 1. The van der Waals surface area contributed by atoms with Gasteiger partial charge in [0.05, 0.1) is 24.9 Å². The molecule has 0 bridgehead atoms. The Balaban J connectivity index is 1.36. The lowest BCUT2D eigenvalue weighted by Crippen LogP contribution is -2.34. The average Bonchev–Trinajstić information content (AvgIpc) is 3.33. The lowest BCUT2D eigenvalue weighted by atomic mass is 9.99. The van der Waals surface area contributed by atoms with Crippen LogP contribution in [0.1, 0.15) is 37.5 Å². The minimum Gasteiger partial charge on any atom is -0.377 e. The van der Waals surface area contributed by atoms with Crippen LogP contribution in [0.2, 0.25) is 0 Å². The zero-order valence-electron chi connectivity index (χ0n) is 14.3. The van der Waals surface area contributed by atoms with Crippen molar-refractivity contribution in [2.45, 2.75) is 38.3 Å². The van der Waals surface area contributed by atoms with Gasteiger partial charge < -0.3 is 9.64 Å². The average molecular weight is 330 g/mol. The van der Waals surface area contributed by atoms with Crippen molar-refractivity contribution in [2.75, 3.05) is 32.8 Å². The zero-order valence-corrected chi connectivity index (χ0v) is 14.3. The Kier molecular flexibility index (Phi) is 4.62. The van der Waals surface area contributed by atoms with E-state index >= 15 is 0 Å². The summed E-state index contributed by atoms with van der Waals surface area (Å²) in [5, 5.41) is 13.1. The van der Waals surface area contributed by atoms with Gasteiger partial charge >= 0.3 is 0 Å². The predicted molar refractivity (Wildman–Crippen MR) is 89.7 cm³/mol. The maximum atomic E-state index is 5.66. The number of hydrogen-bond donors (Lipinski definition) is 0. The van der Waals surface area contributed by atoms with Crippen LogP contribution in [-0.2, 0) is 11.2 Å². The first kappa shape index (κ1) is 15.8. The molecular formula is C17H26N6O. The lowest BCUT2D eigenvalue weighted by Gasteiger charge is -2.29. The molecule has 0 radical (unpaired) electrons. The molecule has 0 aliphatic carbocycles. The summed E-state index contributed by atoms with van der Waals surface area (Å²) >= 11 is 0. The maximum Gasteiger partial charge on any atom is 0.102 e. The summed E-state index contributed by atoms with van der Waals surface area (Å²) in [4.78, 5) is 2.55. The molecule has 2 aliphatic rings. The van der Waals surface area contributed by atoms with Crippen LogP contribution in [-0.4, -0.2) is 62.5 Å². The molecule has 2 saturated heterocycles. The summed E-state index contributed by atoms with van der Waals surface area (Å²) in [5.74, 6) is 0.878. The molecule has 0 saturated carbocycles. The van der Waals surface area contributed by atoms with Crippen LogP contribution in [0.15, 0.2) is 24.7 Å². The molecule has 2 aliphatic heterocycles. The highest BCUT2D eigenvalue weighted by atomic mass is 16.5. The molecule has 130 valence electrons. The third kappa shape index (κ3) is 3.37. The Hall–Kier alpha value is -1.73. The third-order valence-corrected chi connectivity index (χ3v) is 5.34. The molecule has 2 atom stereocenters. The van der Waals surface area contributed by atoms with Gasteiger partial charge in [0, 0.05) is 31.6 Å². The molecule has 2 aromatic heterocycles. The molecule has 0 amide bonds. The van der Waals surface area contributed by atoms with E-state index < -0.39 is 0 Å². The van der Waals surface area contributed by atoms with Crippen LogP contribution in [0.5, 0.6) is 0 Å². The SMILES string of the molecule is CC1CCN(CCc2cn([C@@H]3COC[C@@H]3n3cccn3)nn2)CC1. The van der Waals surface area contributed by atoms with Crippen molar-refractivity contribution in [1.29, 1.82) is 0 Å². The fraction of sp³-hybridized carbons (Fsp3) is 0.706. The van der Waals surface area contributed by atoms with Crippen molar-refractivity contribution >= 4 is 0 Å². The number of nitrogens with zero attached hydrogens (tertiary/aromatic N) is 6. The van der Waals surface area contributed by atoms with Gasteiger partial charge in [0.25, 0.3) is 0 Å². The fourth-order valence-electron chi connectivity index (χ4n) is 3.66. The first-order valence-corrected chi connectivity index (χ1v) is 8.99. The summed E-state index contributed by atoms with van der Waals surface area (Å²) in [7, 11) is 0. The molecule has 4 heterocycles. The highest BCUT2D eigenvalue weighted by molar-refractivity contribution is 4.97. The summed E-state index contributed by atoms with van der Waals surface area (Å²) < 4.78 is 9.60. The van der Waals surface area contributed by atoms with E-state index in [1.165, 1.54) is 25.9 Å². The minimum atomic E-state index is 0.169. The van der Waals surface area contributed by atoms with Gasteiger partial charge in [0.2, 0.25) is 0 Å². The van der Waals surface area contributed by atoms with Gasteiger partial charge in [-0.25, -0.2) is 4.68 Å². The molecule has 7 nitrogen and oxygen atoms in total. The Morgan fingerprint density at radius 1 is 1.17 bits per heavy atom. The van der Waals surface area contributed by atoms with Crippen molar-refractivity contribution in [1.82, 2.24) is 29.7 Å². The molecule has 7 heteroatoms. The van der Waals surface area contributed by atoms with Crippen LogP contribution in [0.4, 0.5) is 0 Å². The fourth-order valence-corrected chi connectivity index (χ4v) is 3.66. The number of aromatic nitrogens is 5. The summed E-state index contributed by atoms with van der Waals surface area (Å²) in [5.41, 5.74) is 1.07. The number of likely N-dealkylation sites (tertiary alicyclic amines) is 1. The Bertz CT molecular complexity index is 631. The Morgan fingerprint density at radius 2 is 1.96 bits per heavy atom. The van der Waals surface area contributed by atoms with Crippen LogP contribution in [0.25, 0.3) is 0 Å². The van der Waals surface area contributed by atoms with Crippen molar-refractivity contribution < 1.29 is 4.74 Å². The predicted octanol–water partition coefficient (Wildman–Crippen LogP) is 1.56. The minimum absolute atomic E-state index is 0.169. The number of rotatable bonds is 5. The van der Waals surface area contributed by atoms with E-state index in [4.69, 9.17) is 4.74 Å². The smallest absolute Gasteiger partial charge is 0.102 e. The van der Waals surface area contributed by atoms with Crippen LogP contribution in [0.3, 0.4) is 0 Å². The molecule has 24 heavy (non-hydrogen) atoms. The van der Waals surface area contributed by atoms with E-state index in [0.29, 0.717) is 13.2 Å².